The summed E-state index contributed by atoms with van der Waals surface area (Å²) in [6.07, 6.45) is 0.716. The molecule has 0 bridgehead atoms. The van der Waals surface area contributed by atoms with Crippen molar-refractivity contribution in [3.05, 3.63) is 95.3 Å². The van der Waals surface area contributed by atoms with Crippen molar-refractivity contribution in [1.29, 1.82) is 5.26 Å². The highest BCUT2D eigenvalue weighted by atomic mass is 15.3. The van der Waals surface area contributed by atoms with Gasteiger partial charge >= 0.3 is 0 Å². The largest absolute Gasteiger partial charge is 0.269 e. The molecule has 3 aromatic rings. The quantitative estimate of drug-likeness (QED) is 0.511. The first-order valence-corrected chi connectivity index (χ1v) is 9.78. The van der Waals surface area contributed by atoms with E-state index >= 15 is 0 Å². The number of aromatic nitrogens is 2. The molecule has 0 fully saturated rings. The third kappa shape index (κ3) is 3.92. The first-order chi connectivity index (χ1) is 13.6. The fourth-order valence-corrected chi connectivity index (χ4v) is 4.07. The van der Waals surface area contributed by atoms with Crippen molar-refractivity contribution in [2.75, 3.05) is 0 Å². The molecular weight excluding hydrogens is 342 g/mol. The van der Waals surface area contributed by atoms with Crippen LogP contribution in [0.1, 0.15) is 53.3 Å². The molecule has 0 saturated heterocycles. The zero-order valence-corrected chi connectivity index (χ0v) is 16.9. The van der Waals surface area contributed by atoms with Crippen LogP contribution >= 0.6 is 0 Å². The van der Waals surface area contributed by atoms with E-state index in [0.717, 1.165) is 40.2 Å². The molecule has 0 amide bonds. The molecule has 142 valence electrons. The van der Waals surface area contributed by atoms with Crippen molar-refractivity contribution >= 4 is 5.57 Å². The minimum absolute atomic E-state index is 0.0323. The van der Waals surface area contributed by atoms with Crippen LogP contribution in [-0.2, 0) is 6.54 Å². The monoisotopic (exact) mass is 369 g/mol. The molecular formula is C25H27N3. The van der Waals surface area contributed by atoms with Gasteiger partial charge in [0.2, 0.25) is 0 Å². The number of nitrogens with zero attached hydrogens (tertiary/aromatic N) is 3. The summed E-state index contributed by atoms with van der Waals surface area (Å²) >= 11 is 0. The smallest absolute Gasteiger partial charge is 0.0784 e. The summed E-state index contributed by atoms with van der Waals surface area (Å²) in [6.45, 7) is 11.5. The Bertz CT molecular complexity index is 978. The van der Waals surface area contributed by atoms with Crippen molar-refractivity contribution in [1.82, 2.24) is 9.78 Å². The number of hydrogen-bond acceptors (Lipinski definition) is 2. The zero-order valence-electron chi connectivity index (χ0n) is 16.9. The number of allylic oxidation sites excluding steroid dienone is 1. The SMILES string of the molecule is C=C(CC(c1ccccc1)C(C#N)c1ccccc1)c1c(C)nn(CC)c1C. The van der Waals surface area contributed by atoms with Gasteiger partial charge < -0.3 is 0 Å². The molecule has 0 aliphatic rings. The molecule has 28 heavy (non-hydrogen) atoms. The summed E-state index contributed by atoms with van der Waals surface area (Å²) < 4.78 is 2.02. The number of benzene rings is 2. The first kappa shape index (κ1) is 19.6. The number of aryl methyl sites for hydroxylation is 2. The second kappa shape index (κ2) is 8.71. The van der Waals surface area contributed by atoms with Gasteiger partial charge in [-0.15, -0.1) is 0 Å². The van der Waals surface area contributed by atoms with E-state index < -0.39 is 0 Å². The van der Waals surface area contributed by atoms with Crippen LogP contribution in [0.5, 0.6) is 0 Å². The van der Waals surface area contributed by atoms with E-state index in [2.05, 4.69) is 43.7 Å². The van der Waals surface area contributed by atoms with Gasteiger partial charge in [0.1, 0.15) is 0 Å². The normalized spacial score (nSPS) is 12.9. The predicted molar refractivity (Wildman–Crippen MR) is 115 cm³/mol. The van der Waals surface area contributed by atoms with E-state index in [1.807, 2.05) is 60.1 Å². The minimum Gasteiger partial charge on any atom is -0.269 e. The molecule has 3 nitrogen and oxygen atoms in total. The van der Waals surface area contributed by atoms with Gasteiger partial charge in [-0.1, -0.05) is 67.2 Å². The first-order valence-electron chi connectivity index (χ1n) is 9.78. The van der Waals surface area contributed by atoms with Crippen LogP contribution in [-0.4, -0.2) is 9.78 Å². The second-order valence-corrected chi connectivity index (χ2v) is 7.20. The van der Waals surface area contributed by atoms with Crippen molar-refractivity contribution in [3.63, 3.8) is 0 Å². The standard InChI is InChI=1S/C25H27N3/c1-5-28-20(4)25(19(3)27-28)18(2)16-23(21-12-8-6-9-13-21)24(17-26)22-14-10-7-11-15-22/h6-15,23-24H,2,5,16H2,1,3-4H3. The molecule has 2 aromatic carbocycles. The predicted octanol–water partition coefficient (Wildman–Crippen LogP) is 6.01. The van der Waals surface area contributed by atoms with Crippen molar-refractivity contribution in [2.24, 2.45) is 0 Å². The lowest BCUT2D eigenvalue weighted by Gasteiger charge is -2.24. The van der Waals surface area contributed by atoms with Crippen LogP contribution in [0.15, 0.2) is 67.2 Å². The summed E-state index contributed by atoms with van der Waals surface area (Å²) in [5.41, 5.74) is 6.53. The maximum atomic E-state index is 10.0. The van der Waals surface area contributed by atoms with Gasteiger partial charge in [-0.3, -0.25) is 4.68 Å². The van der Waals surface area contributed by atoms with E-state index in [9.17, 15) is 5.26 Å². The lowest BCUT2D eigenvalue weighted by Crippen LogP contribution is -2.11. The average Bonchev–Trinajstić information content (AvgIpc) is 3.02. The Balaban J connectivity index is 2.00. The van der Waals surface area contributed by atoms with Crippen LogP contribution in [0.2, 0.25) is 0 Å². The molecule has 2 atom stereocenters. The van der Waals surface area contributed by atoms with E-state index in [0.29, 0.717) is 6.42 Å². The molecule has 0 spiro atoms. The van der Waals surface area contributed by atoms with Gasteiger partial charge in [-0.2, -0.15) is 10.4 Å². The summed E-state index contributed by atoms with van der Waals surface area (Å²) in [6, 6.07) is 22.9. The molecule has 1 aromatic heterocycles. The van der Waals surface area contributed by atoms with E-state index in [4.69, 9.17) is 0 Å². The topological polar surface area (TPSA) is 41.6 Å². The van der Waals surface area contributed by atoms with Gasteiger partial charge in [-0.05, 0) is 43.9 Å². The summed E-state index contributed by atoms with van der Waals surface area (Å²) in [5, 5.41) is 14.7. The average molecular weight is 370 g/mol. The summed E-state index contributed by atoms with van der Waals surface area (Å²) in [7, 11) is 0. The van der Waals surface area contributed by atoms with Crippen LogP contribution in [0.25, 0.3) is 5.57 Å². The van der Waals surface area contributed by atoms with Crippen molar-refractivity contribution in [3.8, 4) is 6.07 Å². The third-order valence-corrected chi connectivity index (χ3v) is 5.43. The molecule has 2 unspecified atom stereocenters. The second-order valence-electron chi connectivity index (χ2n) is 7.20. The highest BCUT2D eigenvalue weighted by Gasteiger charge is 2.27. The lowest BCUT2D eigenvalue weighted by molar-refractivity contribution is 0.632. The molecule has 0 aliphatic heterocycles. The minimum atomic E-state index is -0.234. The highest BCUT2D eigenvalue weighted by molar-refractivity contribution is 5.68. The van der Waals surface area contributed by atoms with E-state index in [1.54, 1.807) is 0 Å². The molecule has 0 radical (unpaired) electrons. The number of rotatable bonds is 7. The number of nitriles is 1. The van der Waals surface area contributed by atoms with Gasteiger partial charge in [0.25, 0.3) is 0 Å². The van der Waals surface area contributed by atoms with Crippen LogP contribution in [0.4, 0.5) is 0 Å². The Morgan fingerprint density at radius 1 is 1.04 bits per heavy atom. The van der Waals surface area contributed by atoms with Crippen molar-refractivity contribution < 1.29 is 0 Å². The lowest BCUT2D eigenvalue weighted by atomic mass is 9.77. The maximum Gasteiger partial charge on any atom is 0.0784 e. The fraction of sp³-hybridized carbons (Fsp3) is 0.280. The van der Waals surface area contributed by atoms with Gasteiger partial charge in [0.05, 0.1) is 17.7 Å². The van der Waals surface area contributed by atoms with Gasteiger partial charge in [0.15, 0.2) is 0 Å². The van der Waals surface area contributed by atoms with Gasteiger partial charge in [0, 0.05) is 23.7 Å². The zero-order chi connectivity index (χ0) is 20.1. The van der Waals surface area contributed by atoms with Crippen LogP contribution in [0.3, 0.4) is 0 Å². The molecule has 3 heteroatoms. The van der Waals surface area contributed by atoms with Crippen molar-refractivity contribution in [2.45, 2.75) is 45.6 Å². The molecule has 0 N–H and O–H groups in total. The third-order valence-electron chi connectivity index (χ3n) is 5.43. The Kier molecular flexibility index (Phi) is 6.11. The molecule has 0 saturated carbocycles. The summed E-state index contributed by atoms with van der Waals surface area (Å²) in [4.78, 5) is 0. The molecule has 1 heterocycles. The Labute approximate surface area is 168 Å². The Hall–Kier alpha value is -3.12. The van der Waals surface area contributed by atoms with E-state index in [1.165, 1.54) is 0 Å². The fourth-order valence-electron chi connectivity index (χ4n) is 4.07. The van der Waals surface area contributed by atoms with Crippen LogP contribution < -0.4 is 0 Å². The van der Waals surface area contributed by atoms with E-state index in [-0.39, 0.29) is 11.8 Å². The molecule has 0 aliphatic carbocycles. The van der Waals surface area contributed by atoms with Gasteiger partial charge in [-0.25, -0.2) is 0 Å². The van der Waals surface area contributed by atoms with Crippen LogP contribution in [0, 0.1) is 25.2 Å². The summed E-state index contributed by atoms with van der Waals surface area (Å²) in [5.74, 6) is -0.202. The Morgan fingerprint density at radius 3 is 2.11 bits per heavy atom. The highest BCUT2D eigenvalue weighted by Crippen LogP contribution is 2.40. The number of hydrogen-bond donors (Lipinski definition) is 0. The molecule has 3 rings (SSSR count). The Morgan fingerprint density at radius 2 is 1.61 bits per heavy atom. The maximum absolute atomic E-state index is 10.0.